The van der Waals surface area contributed by atoms with Crippen LogP contribution in [0.2, 0.25) is 0 Å². The van der Waals surface area contributed by atoms with Gasteiger partial charge >= 0.3 is 17.8 Å². The molecule has 0 aliphatic heterocycles. The summed E-state index contributed by atoms with van der Waals surface area (Å²) in [6.45, 7) is 3.16. The first-order chi connectivity index (χ1) is 16.2. The van der Waals surface area contributed by atoms with E-state index in [0.29, 0.717) is 34.9 Å². The lowest BCUT2D eigenvalue weighted by Gasteiger charge is -2.26. The number of aromatic nitrogens is 1. The summed E-state index contributed by atoms with van der Waals surface area (Å²) in [6.07, 6.45) is 3.28. The fraction of sp³-hybridized carbons (Fsp3) is 0.250. The standard InChI is InChI=1S/C24H25N3O7/c1-24(2,11-15-4-7-17(8-5-15)33-13-21(28)29)27-23(31)22(30)26-16-6-9-18(19(10-16)32-3)20-12-25-14-34-20/h4-10,12,14H,11,13H2,1-3H3,(H,26,30)(H,27,31)(H,28,29). The van der Waals surface area contributed by atoms with Gasteiger partial charge in [-0.3, -0.25) is 9.59 Å². The zero-order valence-electron chi connectivity index (χ0n) is 19.0. The van der Waals surface area contributed by atoms with Crippen molar-refractivity contribution in [1.82, 2.24) is 10.3 Å². The zero-order valence-corrected chi connectivity index (χ0v) is 19.0. The van der Waals surface area contributed by atoms with Gasteiger partial charge in [0, 0.05) is 17.3 Å². The topological polar surface area (TPSA) is 140 Å². The molecule has 10 heteroatoms. The van der Waals surface area contributed by atoms with Crippen LogP contribution in [-0.4, -0.2) is 47.1 Å². The number of benzene rings is 2. The molecule has 0 atom stereocenters. The Kier molecular flexibility index (Phi) is 7.52. The number of amides is 2. The van der Waals surface area contributed by atoms with Gasteiger partial charge in [-0.25, -0.2) is 9.78 Å². The van der Waals surface area contributed by atoms with Gasteiger partial charge in [-0.2, -0.15) is 0 Å². The summed E-state index contributed by atoms with van der Waals surface area (Å²) >= 11 is 0. The number of carboxylic acid groups (broad SMARTS) is 1. The molecule has 34 heavy (non-hydrogen) atoms. The molecule has 0 spiro atoms. The maximum Gasteiger partial charge on any atom is 0.341 e. The second-order valence-electron chi connectivity index (χ2n) is 8.08. The van der Waals surface area contributed by atoms with E-state index >= 15 is 0 Å². The maximum absolute atomic E-state index is 12.5. The van der Waals surface area contributed by atoms with Crippen molar-refractivity contribution in [3.05, 3.63) is 60.6 Å². The summed E-state index contributed by atoms with van der Waals surface area (Å²) in [5.41, 5.74) is 1.19. The average Bonchev–Trinajstić information content (AvgIpc) is 3.32. The van der Waals surface area contributed by atoms with E-state index in [1.54, 1.807) is 62.5 Å². The van der Waals surface area contributed by atoms with E-state index in [9.17, 15) is 14.4 Å². The fourth-order valence-electron chi connectivity index (χ4n) is 3.28. The van der Waals surface area contributed by atoms with Crippen molar-refractivity contribution in [2.45, 2.75) is 25.8 Å². The van der Waals surface area contributed by atoms with E-state index < -0.39 is 29.9 Å². The number of nitrogens with one attached hydrogen (secondary N) is 2. The van der Waals surface area contributed by atoms with Crippen molar-refractivity contribution in [3.8, 4) is 22.8 Å². The largest absolute Gasteiger partial charge is 0.496 e. The predicted octanol–water partition coefficient (Wildman–Crippen LogP) is 2.89. The fourth-order valence-corrected chi connectivity index (χ4v) is 3.28. The number of hydrogen-bond acceptors (Lipinski definition) is 7. The summed E-state index contributed by atoms with van der Waals surface area (Å²) in [7, 11) is 1.49. The van der Waals surface area contributed by atoms with Crippen LogP contribution in [0.15, 0.2) is 59.5 Å². The summed E-state index contributed by atoms with van der Waals surface area (Å²) in [4.78, 5) is 39.4. The Labute approximate surface area is 195 Å². The Morgan fingerprint density at radius 1 is 1.09 bits per heavy atom. The lowest BCUT2D eigenvalue weighted by Crippen LogP contribution is -2.49. The van der Waals surface area contributed by atoms with Crippen LogP contribution >= 0.6 is 0 Å². The van der Waals surface area contributed by atoms with Gasteiger partial charge in [0.1, 0.15) is 11.5 Å². The second-order valence-corrected chi connectivity index (χ2v) is 8.08. The van der Waals surface area contributed by atoms with Gasteiger partial charge in [0.15, 0.2) is 18.8 Å². The molecule has 0 aliphatic carbocycles. The van der Waals surface area contributed by atoms with Crippen molar-refractivity contribution >= 4 is 23.5 Å². The molecule has 1 aromatic heterocycles. The molecule has 2 amide bonds. The molecule has 3 aromatic rings. The van der Waals surface area contributed by atoms with Gasteiger partial charge in [0.25, 0.3) is 0 Å². The predicted molar refractivity (Wildman–Crippen MR) is 123 cm³/mol. The van der Waals surface area contributed by atoms with Crippen LogP contribution in [0.1, 0.15) is 19.4 Å². The van der Waals surface area contributed by atoms with Gasteiger partial charge in [0.05, 0.1) is 18.9 Å². The molecule has 0 fully saturated rings. The van der Waals surface area contributed by atoms with Gasteiger partial charge in [-0.15, -0.1) is 0 Å². The highest BCUT2D eigenvalue weighted by Gasteiger charge is 2.25. The molecule has 3 rings (SSSR count). The number of nitrogens with zero attached hydrogens (tertiary/aromatic N) is 1. The Morgan fingerprint density at radius 3 is 2.44 bits per heavy atom. The third-order valence-electron chi connectivity index (χ3n) is 4.75. The second kappa shape index (κ2) is 10.5. The van der Waals surface area contributed by atoms with Crippen LogP contribution in [0.5, 0.6) is 11.5 Å². The number of aliphatic carboxylic acids is 1. The molecular formula is C24H25N3O7. The first kappa shape index (κ1) is 24.3. The molecule has 178 valence electrons. The number of anilines is 1. The quantitative estimate of drug-likeness (QED) is 0.408. The number of rotatable bonds is 9. The molecule has 1 heterocycles. The minimum Gasteiger partial charge on any atom is -0.496 e. The van der Waals surface area contributed by atoms with Gasteiger partial charge in [-0.1, -0.05) is 12.1 Å². The summed E-state index contributed by atoms with van der Waals surface area (Å²) < 4.78 is 15.7. The van der Waals surface area contributed by atoms with E-state index in [-0.39, 0.29) is 0 Å². The van der Waals surface area contributed by atoms with Crippen LogP contribution < -0.4 is 20.1 Å². The number of carbonyl (C=O) groups excluding carboxylic acids is 2. The highest BCUT2D eigenvalue weighted by atomic mass is 16.5. The number of ether oxygens (including phenoxy) is 2. The molecule has 0 bridgehead atoms. The molecule has 3 N–H and O–H groups in total. The van der Waals surface area contributed by atoms with E-state index in [2.05, 4.69) is 15.6 Å². The number of hydrogen-bond donors (Lipinski definition) is 3. The lowest BCUT2D eigenvalue weighted by molar-refractivity contribution is -0.139. The minimum absolute atomic E-state index is 0.384. The molecule has 10 nitrogen and oxygen atoms in total. The van der Waals surface area contributed by atoms with Crippen LogP contribution in [0.3, 0.4) is 0 Å². The van der Waals surface area contributed by atoms with Crippen LogP contribution in [0.25, 0.3) is 11.3 Å². The lowest BCUT2D eigenvalue weighted by atomic mass is 9.95. The average molecular weight is 467 g/mol. The summed E-state index contributed by atoms with van der Waals surface area (Å²) in [5.74, 6) is -1.28. The number of methoxy groups -OCH3 is 1. The maximum atomic E-state index is 12.5. The Bertz CT molecular complexity index is 1160. The third kappa shape index (κ3) is 6.58. The van der Waals surface area contributed by atoms with Gasteiger partial charge in [0.2, 0.25) is 0 Å². The Morgan fingerprint density at radius 2 is 1.82 bits per heavy atom. The van der Waals surface area contributed by atoms with Crippen molar-refractivity contribution < 1.29 is 33.4 Å². The Hall–Kier alpha value is -4.34. The third-order valence-corrected chi connectivity index (χ3v) is 4.75. The number of carboxylic acids is 1. The van der Waals surface area contributed by atoms with Crippen LogP contribution in [0.4, 0.5) is 5.69 Å². The highest BCUT2D eigenvalue weighted by Crippen LogP contribution is 2.32. The minimum atomic E-state index is -1.06. The van der Waals surface area contributed by atoms with E-state index in [1.165, 1.54) is 13.5 Å². The molecule has 0 saturated heterocycles. The molecule has 0 radical (unpaired) electrons. The van der Waals surface area contributed by atoms with Crippen LogP contribution in [0, 0.1) is 0 Å². The summed E-state index contributed by atoms with van der Waals surface area (Å²) in [5, 5.41) is 14.0. The molecule has 0 unspecified atom stereocenters. The van der Waals surface area contributed by atoms with E-state index in [4.69, 9.17) is 19.0 Å². The van der Waals surface area contributed by atoms with Crippen molar-refractivity contribution in [3.63, 3.8) is 0 Å². The molecule has 0 aliphatic rings. The van der Waals surface area contributed by atoms with Crippen LogP contribution in [-0.2, 0) is 20.8 Å². The first-order valence-corrected chi connectivity index (χ1v) is 10.3. The van der Waals surface area contributed by atoms with E-state index in [1.807, 2.05) is 0 Å². The molecular weight excluding hydrogens is 442 g/mol. The van der Waals surface area contributed by atoms with E-state index in [0.717, 1.165) is 5.56 Å². The van der Waals surface area contributed by atoms with Crippen molar-refractivity contribution in [2.75, 3.05) is 19.0 Å². The van der Waals surface area contributed by atoms with Gasteiger partial charge in [-0.05, 0) is 50.1 Å². The molecule has 0 saturated carbocycles. The highest BCUT2D eigenvalue weighted by molar-refractivity contribution is 6.39. The van der Waals surface area contributed by atoms with Gasteiger partial charge < -0.3 is 29.6 Å². The van der Waals surface area contributed by atoms with Crippen molar-refractivity contribution in [2.24, 2.45) is 0 Å². The monoisotopic (exact) mass is 467 g/mol. The first-order valence-electron chi connectivity index (χ1n) is 10.3. The zero-order chi connectivity index (χ0) is 24.7. The smallest absolute Gasteiger partial charge is 0.341 e. The SMILES string of the molecule is COc1cc(NC(=O)C(=O)NC(C)(C)Cc2ccc(OCC(=O)O)cc2)ccc1-c1cnco1. The number of oxazole rings is 1. The van der Waals surface area contributed by atoms with Crippen molar-refractivity contribution in [1.29, 1.82) is 0 Å². The number of carbonyl (C=O) groups is 3. The Balaban J connectivity index is 1.59. The molecule has 2 aromatic carbocycles. The summed E-state index contributed by atoms with van der Waals surface area (Å²) in [6, 6.07) is 11.8. The normalized spacial score (nSPS) is 10.9.